The lowest BCUT2D eigenvalue weighted by Crippen LogP contribution is -2.12. The summed E-state index contributed by atoms with van der Waals surface area (Å²) in [6.45, 7) is 0. The second kappa shape index (κ2) is 4.90. The van der Waals surface area contributed by atoms with Gasteiger partial charge in [0.25, 0.3) is 0 Å². The molecule has 70 valence electrons. The zero-order chi connectivity index (χ0) is 9.03. The van der Waals surface area contributed by atoms with E-state index in [1.54, 1.807) is 0 Å². The molecule has 4 heteroatoms. The molecule has 0 aliphatic heterocycles. The molecule has 0 unspecified atom stereocenters. The molecule has 0 N–H and O–H groups in total. The Morgan fingerprint density at radius 1 is 1.25 bits per heavy atom. The van der Waals surface area contributed by atoms with Crippen LogP contribution in [0.4, 0.5) is 0 Å². The minimum absolute atomic E-state index is 0.762. The van der Waals surface area contributed by atoms with E-state index in [0.717, 1.165) is 18.4 Å². The zero-order valence-electron chi connectivity index (χ0n) is 6.90. The molecule has 0 fully saturated rings. The number of hydrogen-bond donors (Lipinski definition) is 0. The molecule has 1 aliphatic carbocycles. The molecule has 0 aromatic rings. The maximum absolute atomic E-state index is 5.80. The summed E-state index contributed by atoms with van der Waals surface area (Å²) in [6.07, 6.45) is 9.22. The van der Waals surface area contributed by atoms with Gasteiger partial charge in [-0.1, -0.05) is 12.2 Å². The lowest BCUT2D eigenvalue weighted by molar-refractivity contribution is 0.464. The highest BCUT2D eigenvalue weighted by atomic mass is 35.8. The molecule has 12 heavy (non-hydrogen) atoms. The predicted octanol–water partition coefficient (Wildman–Crippen LogP) is 4.39. The van der Waals surface area contributed by atoms with E-state index in [9.17, 15) is 0 Å². The Morgan fingerprint density at radius 2 is 2.00 bits per heavy atom. The van der Waals surface area contributed by atoms with Crippen LogP contribution in [0.15, 0.2) is 12.2 Å². The van der Waals surface area contributed by atoms with E-state index in [-0.39, 0.29) is 0 Å². The Morgan fingerprint density at radius 3 is 2.50 bits per heavy atom. The predicted molar refractivity (Wildman–Crippen MR) is 59.2 cm³/mol. The molecule has 0 aromatic carbocycles. The van der Waals surface area contributed by atoms with Crippen LogP contribution in [0.1, 0.15) is 25.7 Å². The van der Waals surface area contributed by atoms with Gasteiger partial charge in [0.2, 0.25) is 0 Å². The topological polar surface area (TPSA) is 0 Å². The second-order valence-electron chi connectivity index (χ2n) is 3.30. The van der Waals surface area contributed by atoms with Crippen molar-refractivity contribution in [3.63, 3.8) is 0 Å². The molecule has 0 spiro atoms. The average Bonchev–Trinajstić information content (AvgIpc) is 2.02. The minimum Gasteiger partial charge on any atom is -0.126 e. The fourth-order valence-electron chi connectivity index (χ4n) is 1.49. The monoisotopic (exact) mass is 242 g/mol. The first kappa shape index (κ1) is 10.9. The van der Waals surface area contributed by atoms with E-state index >= 15 is 0 Å². The molecular weight excluding hydrogens is 231 g/mol. The summed E-state index contributed by atoms with van der Waals surface area (Å²) in [5.41, 5.74) is 0. The van der Waals surface area contributed by atoms with Crippen molar-refractivity contribution in [3.05, 3.63) is 12.2 Å². The second-order valence-corrected chi connectivity index (χ2v) is 12.6. The summed E-state index contributed by atoms with van der Waals surface area (Å²) in [7, 11) is 0. The van der Waals surface area contributed by atoms with Crippen molar-refractivity contribution < 1.29 is 0 Å². The van der Waals surface area contributed by atoms with Gasteiger partial charge in [0.15, 0.2) is 0 Å². The average molecular weight is 244 g/mol. The third kappa shape index (κ3) is 4.76. The van der Waals surface area contributed by atoms with Crippen molar-refractivity contribution in [1.29, 1.82) is 0 Å². The summed E-state index contributed by atoms with van der Waals surface area (Å²) in [5, 5.41) is 0. The van der Waals surface area contributed by atoms with Crippen LogP contribution in [0.2, 0.25) is 6.04 Å². The Hall–Kier alpha value is 0.827. The maximum Gasteiger partial charge on any atom is 0.341 e. The van der Waals surface area contributed by atoms with Crippen molar-refractivity contribution in [2.24, 2.45) is 5.92 Å². The third-order valence-corrected chi connectivity index (χ3v) is 4.77. The van der Waals surface area contributed by atoms with E-state index in [1.165, 1.54) is 19.3 Å². The van der Waals surface area contributed by atoms with Crippen molar-refractivity contribution in [3.8, 4) is 0 Å². The highest BCUT2D eigenvalue weighted by Gasteiger charge is 2.26. The van der Waals surface area contributed by atoms with E-state index in [2.05, 4.69) is 12.2 Å². The van der Waals surface area contributed by atoms with Crippen LogP contribution in [0, 0.1) is 5.92 Å². The quantitative estimate of drug-likeness (QED) is 0.392. The Balaban J connectivity index is 2.19. The van der Waals surface area contributed by atoms with Gasteiger partial charge in [0.05, 0.1) is 0 Å². The molecule has 1 atom stereocenters. The SMILES string of the molecule is Cl[Si](Cl)(Cl)CC[C@@H]1CC=CCC1. The normalized spacial score (nSPS) is 24.4. The highest BCUT2D eigenvalue weighted by Crippen LogP contribution is 2.31. The summed E-state index contributed by atoms with van der Waals surface area (Å²) < 4.78 is 0. The van der Waals surface area contributed by atoms with Crippen molar-refractivity contribution >= 4 is 39.2 Å². The molecule has 1 rings (SSSR count). The van der Waals surface area contributed by atoms with Crippen LogP contribution in [0.5, 0.6) is 0 Å². The number of hydrogen-bond acceptors (Lipinski definition) is 0. The van der Waals surface area contributed by atoms with Gasteiger partial charge in [-0.3, -0.25) is 0 Å². The van der Waals surface area contributed by atoms with Crippen molar-refractivity contribution in [2.75, 3.05) is 0 Å². The Labute approximate surface area is 89.0 Å². The van der Waals surface area contributed by atoms with Gasteiger partial charge >= 0.3 is 6.00 Å². The minimum atomic E-state index is -2.35. The summed E-state index contributed by atoms with van der Waals surface area (Å²) >= 11 is 17.4. The van der Waals surface area contributed by atoms with E-state index < -0.39 is 6.00 Å². The molecule has 0 amide bonds. The Bertz CT molecular complexity index is 162. The van der Waals surface area contributed by atoms with Crippen LogP contribution in [-0.4, -0.2) is 6.00 Å². The summed E-state index contributed by atoms with van der Waals surface area (Å²) in [5.74, 6) is 0.762. The Kier molecular flexibility index (Phi) is 4.45. The molecule has 0 nitrogen and oxygen atoms in total. The zero-order valence-corrected chi connectivity index (χ0v) is 10.2. The van der Waals surface area contributed by atoms with Crippen LogP contribution >= 0.6 is 33.2 Å². The molecule has 0 aromatic heterocycles. The maximum atomic E-state index is 5.80. The van der Waals surface area contributed by atoms with Gasteiger partial charge in [-0.05, 0) is 37.6 Å². The van der Waals surface area contributed by atoms with Crippen LogP contribution in [0.3, 0.4) is 0 Å². The third-order valence-electron chi connectivity index (χ3n) is 2.21. The summed E-state index contributed by atoms with van der Waals surface area (Å²) in [4.78, 5) is 0. The number of rotatable bonds is 3. The number of allylic oxidation sites excluding steroid dienone is 2. The van der Waals surface area contributed by atoms with Crippen LogP contribution in [-0.2, 0) is 0 Å². The van der Waals surface area contributed by atoms with E-state index in [1.807, 2.05) is 0 Å². The van der Waals surface area contributed by atoms with Gasteiger partial charge < -0.3 is 0 Å². The van der Waals surface area contributed by atoms with Crippen LogP contribution in [0.25, 0.3) is 0 Å². The molecule has 1 aliphatic rings. The van der Waals surface area contributed by atoms with Gasteiger partial charge in [0.1, 0.15) is 0 Å². The number of halogens is 3. The van der Waals surface area contributed by atoms with Gasteiger partial charge in [-0.15, -0.1) is 33.2 Å². The molecule has 0 saturated carbocycles. The fraction of sp³-hybridized carbons (Fsp3) is 0.750. The summed E-state index contributed by atoms with van der Waals surface area (Å²) in [6, 6.07) is -1.53. The van der Waals surface area contributed by atoms with Crippen molar-refractivity contribution in [2.45, 2.75) is 31.7 Å². The van der Waals surface area contributed by atoms with Gasteiger partial charge in [-0.2, -0.15) is 0 Å². The van der Waals surface area contributed by atoms with Crippen molar-refractivity contribution in [1.82, 2.24) is 0 Å². The van der Waals surface area contributed by atoms with E-state index in [4.69, 9.17) is 33.2 Å². The first-order valence-corrected chi connectivity index (χ1v) is 9.54. The van der Waals surface area contributed by atoms with E-state index in [0.29, 0.717) is 0 Å². The smallest absolute Gasteiger partial charge is 0.126 e. The molecular formula is C8H13Cl3Si. The lowest BCUT2D eigenvalue weighted by Gasteiger charge is -2.18. The lowest BCUT2D eigenvalue weighted by atomic mass is 9.92. The fourth-order valence-corrected chi connectivity index (χ4v) is 3.20. The van der Waals surface area contributed by atoms with Gasteiger partial charge in [-0.25, -0.2) is 0 Å². The molecule has 0 bridgehead atoms. The molecule has 0 saturated heterocycles. The molecule has 0 radical (unpaired) electrons. The van der Waals surface area contributed by atoms with Gasteiger partial charge in [0, 0.05) is 0 Å². The highest BCUT2D eigenvalue weighted by molar-refractivity contribution is 7.64. The largest absolute Gasteiger partial charge is 0.341 e. The first-order valence-electron chi connectivity index (χ1n) is 4.30. The molecule has 0 heterocycles. The first-order chi connectivity index (χ1) is 5.58. The van der Waals surface area contributed by atoms with Crippen LogP contribution < -0.4 is 0 Å². The standard InChI is InChI=1S/C8H13Cl3Si/c9-12(10,11)7-6-8-4-2-1-3-5-8/h1-2,8H,3-7H2/t8-/m1/s1.